The molecule has 0 fully saturated rings. The Hall–Kier alpha value is -1.51. The van der Waals surface area contributed by atoms with Crippen molar-refractivity contribution in [2.45, 2.75) is 5.88 Å². The Morgan fingerprint density at radius 1 is 1.06 bits per heavy atom. The van der Waals surface area contributed by atoms with Crippen LogP contribution in [0.5, 0.6) is 0 Å². The summed E-state index contributed by atoms with van der Waals surface area (Å²) >= 11 is 11.6. The van der Waals surface area contributed by atoms with Crippen LogP contribution in [0.3, 0.4) is 0 Å². The Balaban J connectivity index is 2.18. The van der Waals surface area contributed by atoms with Gasteiger partial charge in [-0.2, -0.15) is 0 Å². The number of carbonyl (C=O) groups excluding carboxylic acids is 1. The molecular weight excluding hydrogens is 269 g/mol. The van der Waals surface area contributed by atoms with Gasteiger partial charge in [-0.15, -0.1) is 11.6 Å². The van der Waals surface area contributed by atoms with Gasteiger partial charge in [-0.1, -0.05) is 29.8 Å². The molecule has 0 spiro atoms. The molecule has 0 saturated carbocycles. The second kappa shape index (κ2) is 5.89. The van der Waals surface area contributed by atoms with E-state index >= 15 is 0 Å². The zero-order valence-corrected chi connectivity index (χ0v) is 11.0. The molecule has 18 heavy (non-hydrogen) atoms. The van der Waals surface area contributed by atoms with Gasteiger partial charge in [0.25, 0.3) is 5.91 Å². The second-order valence-electron chi connectivity index (χ2n) is 3.75. The monoisotopic (exact) mass is 279 g/mol. The van der Waals surface area contributed by atoms with Crippen molar-refractivity contribution in [3.63, 3.8) is 0 Å². The van der Waals surface area contributed by atoms with Crippen LogP contribution in [-0.2, 0) is 5.88 Å². The van der Waals surface area contributed by atoms with Crippen molar-refractivity contribution in [3.8, 4) is 0 Å². The molecule has 2 aromatic carbocycles. The predicted octanol–water partition coefficient (Wildman–Crippen LogP) is 4.33. The number of rotatable bonds is 3. The van der Waals surface area contributed by atoms with E-state index in [-0.39, 0.29) is 5.91 Å². The van der Waals surface area contributed by atoms with Crippen molar-refractivity contribution >= 4 is 34.8 Å². The maximum absolute atomic E-state index is 12.0. The fraction of sp³-hybridized carbons (Fsp3) is 0.0714. The van der Waals surface area contributed by atoms with Gasteiger partial charge in [0, 0.05) is 22.2 Å². The summed E-state index contributed by atoms with van der Waals surface area (Å²) in [7, 11) is 0. The number of halogens is 2. The lowest BCUT2D eigenvalue weighted by Crippen LogP contribution is -2.12. The Bertz CT molecular complexity index is 552. The third-order valence-corrected chi connectivity index (χ3v) is 3.06. The first-order valence-electron chi connectivity index (χ1n) is 5.41. The number of benzene rings is 2. The van der Waals surface area contributed by atoms with Gasteiger partial charge in [-0.25, -0.2) is 0 Å². The van der Waals surface area contributed by atoms with Crippen LogP contribution in [0.4, 0.5) is 5.69 Å². The number of hydrogen-bond acceptors (Lipinski definition) is 1. The van der Waals surface area contributed by atoms with Gasteiger partial charge in [0.1, 0.15) is 0 Å². The maximum Gasteiger partial charge on any atom is 0.255 e. The smallest absolute Gasteiger partial charge is 0.255 e. The largest absolute Gasteiger partial charge is 0.322 e. The van der Waals surface area contributed by atoms with E-state index < -0.39 is 0 Å². The molecule has 2 nitrogen and oxygen atoms in total. The van der Waals surface area contributed by atoms with Crippen LogP contribution in [0, 0.1) is 0 Å². The van der Waals surface area contributed by atoms with Gasteiger partial charge in [0.05, 0.1) is 0 Å². The highest BCUT2D eigenvalue weighted by atomic mass is 35.5. The van der Waals surface area contributed by atoms with Crippen molar-refractivity contribution in [1.29, 1.82) is 0 Å². The number of alkyl halides is 1. The lowest BCUT2D eigenvalue weighted by molar-refractivity contribution is 0.102. The summed E-state index contributed by atoms with van der Waals surface area (Å²) in [5.74, 6) is 0.182. The van der Waals surface area contributed by atoms with E-state index in [0.29, 0.717) is 16.5 Å². The molecule has 0 aliphatic heterocycles. The molecule has 0 unspecified atom stereocenters. The first-order chi connectivity index (χ1) is 8.70. The van der Waals surface area contributed by atoms with Gasteiger partial charge in [0.15, 0.2) is 0 Å². The molecule has 2 rings (SSSR count). The Morgan fingerprint density at radius 2 is 1.72 bits per heavy atom. The molecule has 0 aliphatic rings. The van der Waals surface area contributed by atoms with Crippen LogP contribution < -0.4 is 5.32 Å². The zero-order valence-electron chi connectivity index (χ0n) is 9.49. The Labute approximate surface area is 116 Å². The lowest BCUT2D eigenvalue weighted by Gasteiger charge is -2.09. The topological polar surface area (TPSA) is 29.1 Å². The summed E-state index contributed by atoms with van der Waals surface area (Å²) in [5, 5.41) is 3.44. The van der Waals surface area contributed by atoms with Crippen LogP contribution >= 0.6 is 23.2 Å². The lowest BCUT2D eigenvalue weighted by atomic mass is 10.1. The summed E-state index contributed by atoms with van der Waals surface area (Å²) in [5.41, 5.74) is 2.18. The van der Waals surface area contributed by atoms with E-state index in [4.69, 9.17) is 23.2 Å². The van der Waals surface area contributed by atoms with Gasteiger partial charge in [0.2, 0.25) is 0 Å². The molecule has 2 aromatic rings. The van der Waals surface area contributed by atoms with Gasteiger partial charge < -0.3 is 5.32 Å². The quantitative estimate of drug-likeness (QED) is 0.833. The zero-order chi connectivity index (χ0) is 13.0. The van der Waals surface area contributed by atoms with Crippen LogP contribution in [0.25, 0.3) is 0 Å². The third-order valence-electron chi connectivity index (χ3n) is 2.52. The summed E-state index contributed by atoms with van der Waals surface area (Å²) in [4.78, 5) is 12.0. The summed E-state index contributed by atoms with van der Waals surface area (Å²) < 4.78 is 0. The molecule has 0 aliphatic carbocycles. The van der Waals surface area contributed by atoms with E-state index in [1.54, 1.807) is 24.3 Å². The third kappa shape index (κ3) is 3.03. The van der Waals surface area contributed by atoms with E-state index in [1.807, 2.05) is 24.3 Å². The van der Waals surface area contributed by atoms with E-state index in [1.165, 1.54) is 0 Å². The van der Waals surface area contributed by atoms with E-state index in [9.17, 15) is 4.79 Å². The molecular formula is C14H11Cl2NO. The molecule has 92 valence electrons. The normalized spacial score (nSPS) is 10.1. The molecule has 1 N–H and O–H groups in total. The number of para-hydroxylation sites is 1. The molecule has 1 amide bonds. The van der Waals surface area contributed by atoms with E-state index in [0.717, 1.165) is 11.3 Å². The minimum Gasteiger partial charge on any atom is -0.322 e. The highest BCUT2D eigenvalue weighted by molar-refractivity contribution is 6.30. The van der Waals surface area contributed by atoms with E-state index in [2.05, 4.69) is 5.32 Å². The Kier molecular flexibility index (Phi) is 4.24. The van der Waals surface area contributed by atoms with Crippen molar-refractivity contribution in [2.75, 3.05) is 5.32 Å². The highest BCUT2D eigenvalue weighted by Gasteiger charge is 2.08. The second-order valence-corrected chi connectivity index (χ2v) is 4.46. The molecule has 4 heteroatoms. The van der Waals surface area contributed by atoms with Gasteiger partial charge >= 0.3 is 0 Å². The average molecular weight is 280 g/mol. The number of carbonyl (C=O) groups is 1. The molecule has 0 radical (unpaired) electrons. The Morgan fingerprint density at radius 3 is 2.39 bits per heavy atom. The minimum absolute atomic E-state index is 0.177. The van der Waals surface area contributed by atoms with Crippen molar-refractivity contribution in [1.82, 2.24) is 0 Å². The molecule has 0 saturated heterocycles. The first-order valence-corrected chi connectivity index (χ1v) is 6.33. The van der Waals surface area contributed by atoms with Crippen LogP contribution in [0.2, 0.25) is 5.02 Å². The minimum atomic E-state index is -0.177. The summed E-state index contributed by atoms with van der Waals surface area (Å²) in [6.45, 7) is 0. The summed E-state index contributed by atoms with van der Waals surface area (Å²) in [6.07, 6.45) is 0. The SMILES string of the molecule is O=C(Nc1ccccc1CCl)c1ccc(Cl)cc1. The fourth-order valence-electron chi connectivity index (χ4n) is 1.55. The highest BCUT2D eigenvalue weighted by Crippen LogP contribution is 2.18. The number of amides is 1. The van der Waals surface area contributed by atoms with Gasteiger partial charge in [-0.3, -0.25) is 4.79 Å². The molecule has 0 aromatic heterocycles. The van der Waals surface area contributed by atoms with Crippen LogP contribution in [0.15, 0.2) is 48.5 Å². The number of hydrogen-bond donors (Lipinski definition) is 1. The molecule has 0 atom stereocenters. The van der Waals surface area contributed by atoms with Crippen molar-refractivity contribution in [2.24, 2.45) is 0 Å². The summed E-state index contributed by atoms with van der Waals surface area (Å²) in [6, 6.07) is 14.2. The molecule has 0 bridgehead atoms. The van der Waals surface area contributed by atoms with Crippen molar-refractivity contribution < 1.29 is 4.79 Å². The number of anilines is 1. The fourth-order valence-corrected chi connectivity index (χ4v) is 1.91. The van der Waals surface area contributed by atoms with Crippen molar-refractivity contribution in [3.05, 3.63) is 64.7 Å². The molecule has 0 heterocycles. The first kappa shape index (κ1) is 12.9. The standard InChI is InChI=1S/C14H11Cl2NO/c15-9-11-3-1-2-4-13(11)17-14(18)10-5-7-12(16)8-6-10/h1-8H,9H2,(H,17,18). The van der Waals surface area contributed by atoms with Crippen LogP contribution in [-0.4, -0.2) is 5.91 Å². The van der Waals surface area contributed by atoms with Crippen LogP contribution in [0.1, 0.15) is 15.9 Å². The number of nitrogens with one attached hydrogen (secondary N) is 1. The van der Waals surface area contributed by atoms with Gasteiger partial charge in [-0.05, 0) is 35.9 Å². The maximum atomic E-state index is 12.0. The predicted molar refractivity (Wildman–Crippen MR) is 75.4 cm³/mol. The average Bonchev–Trinajstić information content (AvgIpc) is 2.40.